The summed E-state index contributed by atoms with van der Waals surface area (Å²) in [6.07, 6.45) is -24.4. The zero-order chi connectivity index (χ0) is 61.6. The molecule has 3 fully saturated rings. The Morgan fingerprint density at radius 3 is 1.86 bits per heavy atom. The van der Waals surface area contributed by atoms with Gasteiger partial charge in [0.2, 0.25) is 24.1 Å². The third kappa shape index (κ3) is 14.6. The van der Waals surface area contributed by atoms with Gasteiger partial charge in [-0.3, -0.25) is 9.59 Å². The summed E-state index contributed by atoms with van der Waals surface area (Å²) in [6, 6.07) is 12.8. The molecule has 0 amide bonds. The van der Waals surface area contributed by atoms with Gasteiger partial charge in [0.15, 0.2) is 53.0 Å². The van der Waals surface area contributed by atoms with E-state index in [1.165, 1.54) is 50.6 Å². The highest BCUT2D eigenvalue weighted by Gasteiger charge is 2.52. The molecule has 85 heavy (non-hydrogen) atoms. The number of hydrogen-bond donors (Lipinski definition) is 14. The number of ether oxygens (including phenoxy) is 11. The van der Waals surface area contributed by atoms with Gasteiger partial charge in [0, 0.05) is 30.4 Å². The fraction of sp³-hybridized carbons (Fsp3) is 0.364. The van der Waals surface area contributed by atoms with E-state index < -0.39 is 176 Å². The van der Waals surface area contributed by atoms with E-state index in [0.717, 1.165) is 54.6 Å². The van der Waals surface area contributed by atoms with Crippen molar-refractivity contribution in [2.45, 2.75) is 92.4 Å². The van der Waals surface area contributed by atoms with Crippen molar-refractivity contribution in [1.29, 1.82) is 0 Å². The number of benzene rings is 4. The van der Waals surface area contributed by atoms with Crippen LogP contribution in [0.4, 0.5) is 0 Å². The topological polar surface area (TPSA) is 464 Å². The minimum atomic E-state index is -2.20. The molecule has 14 atom stereocenters. The second-order valence-corrected chi connectivity index (χ2v) is 19.1. The van der Waals surface area contributed by atoms with Crippen molar-refractivity contribution in [2.24, 2.45) is 0 Å². The Balaban J connectivity index is 1.16. The van der Waals surface area contributed by atoms with Gasteiger partial charge in [-0.1, -0.05) is 6.07 Å². The molecule has 0 bridgehead atoms. The largest absolute Gasteiger partial charge is 0.507 e. The molecule has 0 aliphatic carbocycles. The van der Waals surface area contributed by atoms with E-state index in [1.54, 1.807) is 0 Å². The molecule has 3 aliphatic heterocycles. The number of rotatable bonds is 20. The number of carboxylic acids is 1. The second kappa shape index (κ2) is 26.8. The fourth-order valence-corrected chi connectivity index (χ4v) is 8.79. The SMILES string of the molecule is COc1cc(C=CC(=O)OC2C(OC3C(Oc4cc5c(OC6OC(COC(=O)CC(=O)O)C(O)C(O)C6O)cc(O)cc5[o+]c4-c4ccc(O)c(O)c4)OC(COC(=O)C=Cc4ccc(O)c(O)c4)C(O)C3O)OCC(O)C2O)cc(OC)c1O. The van der Waals surface area contributed by atoms with Crippen LogP contribution in [0.15, 0.2) is 83.3 Å². The Hall–Kier alpha value is -8.79. The molecule has 1 aromatic heterocycles. The maximum atomic E-state index is 13.5. The summed E-state index contributed by atoms with van der Waals surface area (Å²) in [7, 11) is 2.54. The van der Waals surface area contributed by atoms with Gasteiger partial charge in [-0.15, -0.1) is 0 Å². The first-order valence-corrected chi connectivity index (χ1v) is 25.3. The second-order valence-electron chi connectivity index (χ2n) is 19.1. The molecule has 3 saturated heterocycles. The number of aromatic hydroxyl groups is 6. The number of fused-ring (bicyclic) bond motifs is 1. The van der Waals surface area contributed by atoms with Gasteiger partial charge >= 0.3 is 35.2 Å². The molecule has 4 aromatic carbocycles. The van der Waals surface area contributed by atoms with Crippen molar-refractivity contribution in [3.05, 3.63) is 90.0 Å². The summed E-state index contributed by atoms with van der Waals surface area (Å²) in [5.74, 6) is -9.57. The number of carbonyl (C=O) groups excluding carboxylic acids is 3. The van der Waals surface area contributed by atoms with Crippen LogP contribution >= 0.6 is 0 Å². The lowest BCUT2D eigenvalue weighted by Crippen LogP contribution is -2.64. The van der Waals surface area contributed by atoms with Crippen molar-refractivity contribution < 1.29 is 147 Å². The van der Waals surface area contributed by atoms with E-state index in [-0.39, 0.29) is 50.7 Å². The molecule has 8 rings (SSSR count). The highest BCUT2D eigenvalue weighted by atomic mass is 16.8. The number of carbonyl (C=O) groups is 4. The van der Waals surface area contributed by atoms with Gasteiger partial charge in [-0.05, 0) is 59.7 Å². The molecule has 0 saturated carbocycles. The Kier molecular flexibility index (Phi) is 19.7. The quantitative estimate of drug-likeness (QED) is 0.0122. The summed E-state index contributed by atoms with van der Waals surface area (Å²) >= 11 is 0. The number of methoxy groups -OCH3 is 2. The van der Waals surface area contributed by atoms with Crippen LogP contribution in [0.3, 0.4) is 0 Å². The van der Waals surface area contributed by atoms with E-state index in [2.05, 4.69) is 0 Å². The number of aliphatic hydroxyl groups excluding tert-OH is 7. The van der Waals surface area contributed by atoms with E-state index in [0.29, 0.717) is 0 Å². The van der Waals surface area contributed by atoms with Crippen molar-refractivity contribution in [3.8, 4) is 68.8 Å². The average molecular weight is 1200 g/mol. The molecule has 14 N–H and O–H groups in total. The van der Waals surface area contributed by atoms with Gasteiger partial charge < -0.3 is 124 Å². The molecule has 0 spiro atoms. The standard InChI is InChI=1S/C55H56O30/c1-74-34-12-23(13-35(75-2)44(34)68)5-10-41(65)84-51-43(67)31(61)19-78-54(51)85-52-48(72)46(70)38(20-76-40(64)9-4-22-3-7-27(57)29(59)11-22)83-55(52)81-36-17-26-32(79-50(36)24-6-8-28(58)30(60)14-24)15-25(56)16-33(26)80-53-49(73)47(71)45(69)37(82-53)21-77-42(66)18-39(62)63/h3-17,31,37-38,43,45-49,51-55,61,67,69-73H,18-21H2,1-2H3,(H6-,56,57,58,59,60,62,63,64,65,68)/p+1. The molecular formula is C55H57O30+. The van der Waals surface area contributed by atoms with Gasteiger partial charge in [0.05, 0.1) is 32.5 Å². The fourth-order valence-electron chi connectivity index (χ4n) is 8.79. The number of aliphatic carboxylic acids is 1. The lowest BCUT2D eigenvalue weighted by molar-refractivity contribution is -0.345. The maximum Gasteiger partial charge on any atom is 0.402 e. The van der Waals surface area contributed by atoms with E-state index in [4.69, 9.17) is 61.6 Å². The van der Waals surface area contributed by atoms with E-state index in [1.807, 2.05) is 0 Å². The highest BCUT2D eigenvalue weighted by molar-refractivity contribution is 5.91. The summed E-state index contributed by atoms with van der Waals surface area (Å²) in [5, 5.41) is 149. The van der Waals surface area contributed by atoms with Crippen molar-refractivity contribution in [3.63, 3.8) is 0 Å². The molecule has 5 aromatic rings. The Morgan fingerprint density at radius 2 is 1.20 bits per heavy atom. The van der Waals surface area contributed by atoms with Crippen LogP contribution in [0.2, 0.25) is 0 Å². The third-order valence-corrected chi connectivity index (χ3v) is 13.2. The van der Waals surface area contributed by atoms with E-state index >= 15 is 0 Å². The zero-order valence-corrected chi connectivity index (χ0v) is 44.4. The third-order valence-electron chi connectivity index (χ3n) is 13.2. The highest BCUT2D eigenvalue weighted by Crippen LogP contribution is 2.44. The zero-order valence-electron chi connectivity index (χ0n) is 44.4. The van der Waals surface area contributed by atoms with Crippen LogP contribution in [0.1, 0.15) is 17.5 Å². The molecule has 30 nitrogen and oxygen atoms in total. The van der Waals surface area contributed by atoms with Crippen molar-refractivity contribution >= 4 is 47.0 Å². The molecule has 3 aliphatic rings. The summed E-state index contributed by atoms with van der Waals surface area (Å²) in [5.41, 5.74) is 0.122. The molecule has 456 valence electrons. The number of phenolic OH excluding ortho intramolecular Hbond substituents is 6. The van der Waals surface area contributed by atoms with Crippen LogP contribution in [-0.2, 0) is 52.3 Å². The maximum absolute atomic E-state index is 13.5. The monoisotopic (exact) mass is 1200 g/mol. The summed E-state index contributed by atoms with van der Waals surface area (Å²) in [4.78, 5) is 49.6. The molecule has 4 heterocycles. The van der Waals surface area contributed by atoms with Gasteiger partial charge in [-0.2, -0.15) is 0 Å². The van der Waals surface area contributed by atoms with Crippen LogP contribution in [-0.4, -0.2) is 215 Å². The molecule has 30 heteroatoms. The predicted octanol–water partition coefficient (Wildman–Crippen LogP) is 0.00660. The Labute approximate surface area is 478 Å². The Bertz CT molecular complexity index is 3280. The van der Waals surface area contributed by atoms with Crippen LogP contribution in [0, 0.1) is 0 Å². The first kappa shape index (κ1) is 62.3. The normalized spacial score (nSPS) is 26.8. The van der Waals surface area contributed by atoms with Crippen LogP contribution < -0.4 is 18.9 Å². The average Bonchev–Trinajstić information content (AvgIpc) is 2.27. The smallest absolute Gasteiger partial charge is 0.402 e. The lowest BCUT2D eigenvalue weighted by atomic mass is 9.98. The van der Waals surface area contributed by atoms with Crippen LogP contribution in [0.5, 0.6) is 57.5 Å². The lowest BCUT2D eigenvalue weighted by Gasteiger charge is -2.45. The van der Waals surface area contributed by atoms with Crippen molar-refractivity contribution in [1.82, 2.24) is 0 Å². The molecular weight excluding hydrogens is 1140 g/mol. The summed E-state index contributed by atoms with van der Waals surface area (Å²) < 4.78 is 68.4. The minimum absolute atomic E-state index is 0.0271. The van der Waals surface area contributed by atoms with Crippen molar-refractivity contribution in [2.75, 3.05) is 34.0 Å². The van der Waals surface area contributed by atoms with Crippen LogP contribution in [0.25, 0.3) is 34.4 Å². The number of phenols is 6. The van der Waals surface area contributed by atoms with Gasteiger partial charge in [0.1, 0.15) is 91.5 Å². The predicted molar refractivity (Wildman–Crippen MR) is 279 cm³/mol. The van der Waals surface area contributed by atoms with Gasteiger partial charge in [-0.25, -0.2) is 14.0 Å². The number of esters is 3. The number of aliphatic hydroxyl groups is 7. The number of hydrogen-bond acceptors (Lipinski definition) is 28. The van der Waals surface area contributed by atoms with E-state index in [9.17, 15) is 85.6 Å². The first-order chi connectivity index (χ1) is 40.4. The molecule has 14 unspecified atom stereocenters. The minimum Gasteiger partial charge on any atom is -0.507 e. The first-order valence-electron chi connectivity index (χ1n) is 25.3. The van der Waals surface area contributed by atoms with Gasteiger partial charge in [0.25, 0.3) is 0 Å². The Morgan fingerprint density at radius 1 is 0.588 bits per heavy atom. The number of carboxylic acid groups (broad SMARTS) is 1. The molecule has 0 radical (unpaired) electrons. The summed E-state index contributed by atoms with van der Waals surface area (Å²) in [6.45, 7) is -2.39.